The maximum atomic E-state index is 13.7. The average Bonchev–Trinajstić information content (AvgIpc) is 3.26. The van der Waals surface area contributed by atoms with E-state index in [0.717, 1.165) is 11.1 Å². The molecule has 1 fully saturated rings. The molecule has 2 atom stereocenters. The third kappa shape index (κ3) is 6.59. The molecule has 0 aliphatic carbocycles. The van der Waals surface area contributed by atoms with Crippen molar-refractivity contribution in [3.05, 3.63) is 93.7 Å². The number of hydrogen-bond acceptors (Lipinski definition) is 6. The summed E-state index contributed by atoms with van der Waals surface area (Å²) in [5.41, 5.74) is 2.29. The van der Waals surface area contributed by atoms with Crippen molar-refractivity contribution in [1.82, 2.24) is 26.0 Å². The highest BCUT2D eigenvalue weighted by molar-refractivity contribution is 6.32. The van der Waals surface area contributed by atoms with Crippen LogP contribution in [0.5, 0.6) is 5.75 Å². The first kappa shape index (κ1) is 28.2. The van der Waals surface area contributed by atoms with Crippen molar-refractivity contribution in [1.29, 1.82) is 0 Å². The van der Waals surface area contributed by atoms with Crippen LogP contribution in [0.25, 0.3) is 0 Å². The zero-order chi connectivity index (χ0) is 28.0. The third-order valence-electron chi connectivity index (χ3n) is 6.51. The molecule has 4 rings (SSSR count). The van der Waals surface area contributed by atoms with Gasteiger partial charge in [-0.15, -0.1) is 0 Å². The number of hydrogen-bond donors (Lipinski definition) is 4. The maximum Gasteiger partial charge on any atom is 0.316 e. The second kappa shape index (κ2) is 12.3. The monoisotopic (exact) mass is 571 g/mol. The topological polar surface area (TPSA) is 133 Å². The van der Waals surface area contributed by atoms with E-state index in [2.05, 4.69) is 15.6 Å². The summed E-state index contributed by atoms with van der Waals surface area (Å²) in [6.45, 7) is 2.14. The predicted octanol–water partition coefficient (Wildman–Crippen LogP) is 3.79. The lowest BCUT2D eigenvalue weighted by Crippen LogP contribution is -2.56. The van der Waals surface area contributed by atoms with Crippen LogP contribution >= 0.6 is 23.2 Å². The summed E-state index contributed by atoms with van der Waals surface area (Å²) in [5.74, 6) is -0.683. The summed E-state index contributed by atoms with van der Waals surface area (Å²) in [5, 5.41) is 15.2. The fraction of sp³-hybridized carbons (Fsp3) is 0.259. The van der Waals surface area contributed by atoms with E-state index in [0.29, 0.717) is 11.3 Å². The van der Waals surface area contributed by atoms with Gasteiger partial charge in [-0.2, -0.15) is 0 Å². The number of nitrogens with one attached hydrogen (secondary N) is 3. The van der Waals surface area contributed by atoms with E-state index in [4.69, 9.17) is 33.1 Å². The molecule has 1 saturated heterocycles. The number of likely N-dealkylation sites (tertiary alicyclic amines) is 1. The van der Waals surface area contributed by atoms with E-state index in [1.165, 1.54) is 11.8 Å². The van der Waals surface area contributed by atoms with Gasteiger partial charge in [0.15, 0.2) is 0 Å². The zero-order valence-corrected chi connectivity index (χ0v) is 22.5. The van der Waals surface area contributed by atoms with E-state index in [9.17, 15) is 14.4 Å². The molecular formula is C27H27Cl2N5O5. The predicted molar refractivity (Wildman–Crippen MR) is 144 cm³/mol. The van der Waals surface area contributed by atoms with Crippen LogP contribution in [0.4, 0.5) is 4.79 Å². The van der Waals surface area contributed by atoms with Crippen LogP contribution in [0.15, 0.2) is 66.7 Å². The lowest BCUT2D eigenvalue weighted by molar-refractivity contribution is -0.143. The van der Waals surface area contributed by atoms with Crippen molar-refractivity contribution in [3.8, 4) is 5.75 Å². The van der Waals surface area contributed by atoms with E-state index < -0.39 is 29.4 Å². The van der Waals surface area contributed by atoms with Crippen LogP contribution in [-0.2, 0) is 28.3 Å². The number of halogens is 2. The minimum Gasteiger partial charge on any atom is -0.489 e. The van der Waals surface area contributed by atoms with Gasteiger partial charge < -0.3 is 20.3 Å². The number of nitrogens with zero attached hydrogens (tertiary/aromatic N) is 2. The Hall–Kier alpha value is -3.86. The van der Waals surface area contributed by atoms with Gasteiger partial charge in [0.1, 0.15) is 34.2 Å². The molecule has 2 aromatic carbocycles. The zero-order valence-electron chi connectivity index (χ0n) is 21.0. The molecule has 10 nitrogen and oxygen atoms in total. The molecule has 4 N–H and O–H groups in total. The van der Waals surface area contributed by atoms with Crippen molar-refractivity contribution in [3.63, 3.8) is 0 Å². The Labute approximate surface area is 235 Å². The lowest BCUT2D eigenvalue weighted by atomic mass is 9.88. The number of pyridine rings is 1. The molecule has 39 heavy (non-hydrogen) atoms. The minimum absolute atomic E-state index is 0.188. The minimum atomic E-state index is -1.44. The number of carbonyl (C=O) groups excluding carboxylic acids is 3. The molecule has 3 aromatic rings. The molecule has 2 heterocycles. The van der Waals surface area contributed by atoms with Gasteiger partial charge in [0, 0.05) is 19.5 Å². The number of carbonyl (C=O) groups is 3. The first-order valence-corrected chi connectivity index (χ1v) is 12.9. The molecule has 4 amide bonds. The molecule has 1 aliphatic heterocycles. The van der Waals surface area contributed by atoms with Crippen LogP contribution < -0.4 is 20.9 Å². The smallest absolute Gasteiger partial charge is 0.316 e. The normalized spacial score (nSPS) is 17.4. The number of aromatic nitrogens is 1. The Balaban J connectivity index is 1.54. The van der Waals surface area contributed by atoms with Gasteiger partial charge >= 0.3 is 6.03 Å². The van der Waals surface area contributed by atoms with Crippen molar-refractivity contribution < 1.29 is 24.3 Å². The number of benzene rings is 2. The summed E-state index contributed by atoms with van der Waals surface area (Å²) in [6, 6.07) is 17.9. The van der Waals surface area contributed by atoms with Crippen LogP contribution in [-0.4, -0.2) is 45.5 Å². The fourth-order valence-electron chi connectivity index (χ4n) is 4.42. The maximum absolute atomic E-state index is 13.7. The van der Waals surface area contributed by atoms with Crippen molar-refractivity contribution in [2.75, 3.05) is 6.54 Å². The van der Waals surface area contributed by atoms with Crippen molar-refractivity contribution in [2.24, 2.45) is 0 Å². The van der Waals surface area contributed by atoms with Crippen molar-refractivity contribution >= 4 is 41.0 Å². The highest BCUT2D eigenvalue weighted by Crippen LogP contribution is 2.35. The largest absolute Gasteiger partial charge is 0.489 e. The average molecular weight is 572 g/mol. The molecule has 0 bridgehead atoms. The Bertz CT molecular complexity index is 1320. The number of hydroxylamine groups is 1. The molecular weight excluding hydrogens is 545 g/mol. The number of ether oxygens (including phenoxy) is 1. The summed E-state index contributed by atoms with van der Waals surface area (Å²) >= 11 is 11.9. The Kier molecular flexibility index (Phi) is 8.90. The standard InChI is InChI=1S/C27H27Cl2N5O5/c1-17(24(35)33-38)34-12-11-27(25(34)36,32-26(37)30-15-18-5-3-2-4-6-18)20-7-9-21(10-8-20)39-16-19-13-22(28)31-23(29)14-19/h2-10,13-14,17,38H,11-12,15-16H2,1H3,(H,33,35)(H2,30,32,37)/t17?,27-/m1/s1. The van der Waals surface area contributed by atoms with Gasteiger partial charge in [-0.05, 0) is 47.9 Å². The SMILES string of the molecule is CC(C(=O)NO)N1CC[C@@](NC(=O)NCc2ccccc2)(c2ccc(OCc3cc(Cl)nc(Cl)c3)cc2)C1=O. The number of urea groups is 1. The van der Waals surface area contributed by atoms with Crippen LogP contribution in [0.1, 0.15) is 30.0 Å². The van der Waals surface area contributed by atoms with Gasteiger partial charge in [0.2, 0.25) is 0 Å². The molecule has 204 valence electrons. The number of rotatable bonds is 9. The number of amides is 4. The van der Waals surface area contributed by atoms with Gasteiger partial charge in [-0.1, -0.05) is 65.7 Å². The summed E-state index contributed by atoms with van der Waals surface area (Å²) in [4.78, 5) is 44.0. The molecule has 0 radical (unpaired) electrons. The quantitative estimate of drug-likeness (QED) is 0.175. The second-order valence-corrected chi connectivity index (χ2v) is 9.81. The molecule has 0 spiro atoms. The van der Waals surface area contributed by atoms with E-state index in [-0.39, 0.29) is 36.4 Å². The van der Waals surface area contributed by atoms with E-state index >= 15 is 0 Å². The van der Waals surface area contributed by atoms with Crippen LogP contribution in [0.2, 0.25) is 10.3 Å². The Morgan fingerprint density at radius 3 is 2.38 bits per heavy atom. The molecule has 0 saturated carbocycles. The summed E-state index contributed by atoms with van der Waals surface area (Å²) in [6.07, 6.45) is 0.210. The van der Waals surface area contributed by atoms with E-state index in [1.807, 2.05) is 30.3 Å². The Morgan fingerprint density at radius 2 is 1.74 bits per heavy atom. The van der Waals surface area contributed by atoms with Crippen molar-refractivity contribution in [2.45, 2.75) is 38.1 Å². The third-order valence-corrected chi connectivity index (χ3v) is 6.90. The van der Waals surface area contributed by atoms with Gasteiger partial charge in [-0.3, -0.25) is 14.8 Å². The Morgan fingerprint density at radius 1 is 1.08 bits per heavy atom. The fourth-order valence-corrected chi connectivity index (χ4v) is 4.92. The van der Waals surface area contributed by atoms with E-state index in [1.54, 1.807) is 41.9 Å². The van der Waals surface area contributed by atoms with Gasteiger partial charge in [0.25, 0.3) is 11.8 Å². The molecule has 1 unspecified atom stereocenters. The van der Waals surface area contributed by atoms with Gasteiger partial charge in [0.05, 0.1) is 0 Å². The molecule has 1 aliphatic rings. The summed E-state index contributed by atoms with van der Waals surface area (Å²) in [7, 11) is 0. The highest BCUT2D eigenvalue weighted by Gasteiger charge is 2.51. The highest BCUT2D eigenvalue weighted by atomic mass is 35.5. The van der Waals surface area contributed by atoms with Gasteiger partial charge in [-0.25, -0.2) is 15.3 Å². The molecule has 1 aromatic heterocycles. The first-order chi connectivity index (χ1) is 18.7. The molecule has 12 heteroatoms. The summed E-state index contributed by atoms with van der Waals surface area (Å²) < 4.78 is 5.83. The van der Waals surface area contributed by atoms with Crippen LogP contribution in [0.3, 0.4) is 0 Å². The second-order valence-electron chi connectivity index (χ2n) is 9.03. The first-order valence-electron chi connectivity index (χ1n) is 12.1. The lowest BCUT2D eigenvalue weighted by Gasteiger charge is -2.31. The van der Waals surface area contributed by atoms with Crippen LogP contribution in [0, 0.1) is 0 Å².